The maximum Gasteiger partial charge on any atom is 0.129 e. The Morgan fingerprint density at radius 3 is 2.00 bits per heavy atom. The molecule has 0 spiro atoms. The molecular formula is C14H12F3NO. The van der Waals surface area contributed by atoms with Gasteiger partial charge in [0, 0.05) is 24.7 Å². The molecule has 0 aliphatic carbocycles. The summed E-state index contributed by atoms with van der Waals surface area (Å²) in [6.07, 6.45) is 0. The summed E-state index contributed by atoms with van der Waals surface area (Å²) in [5.41, 5.74) is 6.60. The molecule has 2 N–H and O–H groups in total. The number of rotatable bonds is 4. The van der Waals surface area contributed by atoms with Gasteiger partial charge in [0.25, 0.3) is 0 Å². The second-order valence-electron chi connectivity index (χ2n) is 4.07. The fraction of sp³-hybridized carbons (Fsp3) is 0.143. The SMILES string of the molecule is NCc1cc(F)cc(COc2cc(F)cc(F)c2)c1. The van der Waals surface area contributed by atoms with E-state index in [0.29, 0.717) is 11.1 Å². The van der Waals surface area contributed by atoms with Crippen LogP contribution in [-0.2, 0) is 13.2 Å². The van der Waals surface area contributed by atoms with Gasteiger partial charge in [-0.3, -0.25) is 0 Å². The first-order chi connectivity index (χ1) is 9.06. The molecule has 0 aliphatic rings. The highest BCUT2D eigenvalue weighted by Crippen LogP contribution is 2.17. The average Bonchev–Trinajstić information content (AvgIpc) is 2.34. The fourth-order valence-corrected chi connectivity index (χ4v) is 1.70. The molecule has 0 unspecified atom stereocenters. The Labute approximate surface area is 108 Å². The molecule has 100 valence electrons. The van der Waals surface area contributed by atoms with Gasteiger partial charge in [-0.1, -0.05) is 6.07 Å². The summed E-state index contributed by atoms with van der Waals surface area (Å²) >= 11 is 0. The largest absolute Gasteiger partial charge is 0.489 e. The van der Waals surface area contributed by atoms with Crippen LogP contribution in [0.1, 0.15) is 11.1 Å². The standard InChI is InChI=1S/C14H12F3NO/c15-11-2-9(7-18)1-10(3-11)8-19-14-5-12(16)4-13(17)6-14/h1-6H,7-8,18H2. The van der Waals surface area contributed by atoms with Gasteiger partial charge in [0.2, 0.25) is 0 Å². The fourth-order valence-electron chi connectivity index (χ4n) is 1.70. The average molecular weight is 267 g/mol. The van der Waals surface area contributed by atoms with Crippen LogP contribution in [0.4, 0.5) is 13.2 Å². The molecule has 0 radical (unpaired) electrons. The lowest BCUT2D eigenvalue weighted by Gasteiger charge is -2.08. The van der Waals surface area contributed by atoms with Crippen LogP contribution in [0.2, 0.25) is 0 Å². The highest BCUT2D eigenvalue weighted by Gasteiger charge is 2.04. The summed E-state index contributed by atoms with van der Waals surface area (Å²) in [5, 5.41) is 0. The first kappa shape index (κ1) is 13.4. The minimum absolute atomic E-state index is 0.00759. The Morgan fingerprint density at radius 2 is 1.37 bits per heavy atom. The van der Waals surface area contributed by atoms with E-state index >= 15 is 0 Å². The number of nitrogens with two attached hydrogens (primary N) is 1. The lowest BCUT2D eigenvalue weighted by atomic mass is 10.1. The Balaban J connectivity index is 2.11. The predicted molar refractivity (Wildman–Crippen MR) is 65.0 cm³/mol. The minimum atomic E-state index is -0.725. The van der Waals surface area contributed by atoms with Crippen molar-refractivity contribution in [3.63, 3.8) is 0 Å². The first-order valence-electron chi connectivity index (χ1n) is 5.64. The van der Waals surface area contributed by atoms with Crippen molar-refractivity contribution in [1.82, 2.24) is 0 Å². The summed E-state index contributed by atoms with van der Waals surface area (Å²) in [6.45, 7) is 0.215. The van der Waals surface area contributed by atoms with Crippen LogP contribution in [0.25, 0.3) is 0 Å². The molecule has 0 saturated heterocycles. The summed E-state index contributed by atoms with van der Waals surface area (Å²) in [4.78, 5) is 0. The van der Waals surface area contributed by atoms with E-state index in [-0.39, 0.29) is 18.9 Å². The van der Waals surface area contributed by atoms with Crippen LogP contribution >= 0.6 is 0 Å². The second-order valence-corrected chi connectivity index (χ2v) is 4.07. The van der Waals surface area contributed by atoms with Crippen molar-refractivity contribution in [2.45, 2.75) is 13.2 Å². The summed E-state index contributed by atoms with van der Waals surface area (Å²) < 4.78 is 44.3. The van der Waals surface area contributed by atoms with E-state index in [4.69, 9.17) is 10.5 Å². The molecule has 0 heterocycles. The van der Waals surface area contributed by atoms with Gasteiger partial charge in [0.1, 0.15) is 29.8 Å². The molecule has 5 heteroatoms. The number of halogens is 3. The molecule has 0 aliphatic heterocycles. The van der Waals surface area contributed by atoms with Gasteiger partial charge in [0.05, 0.1) is 0 Å². The Morgan fingerprint density at radius 1 is 0.789 bits per heavy atom. The molecule has 2 rings (SSSR count). The van der Waals surface area contributed by atoms with Crippen LogP contribution in [-0.4, -0.2) is 0 Å². The molecule has 0 saturated carbocycles. The Bertz CT molecular complexity index is 567. The second kappa shape index (κ2) is 5.75. The van der Waals surface area contributed by atoms with Crippen LogP contribution in [0, 0.1) is 17.5 Å². The number of hydrogen-bond donors (Lipinski definition) is 1. The molecule has 0 atom stereocenters. The molecular weight excluding hydrogens is 255 g/mol. The number of benzene rings is 2. The van der Waals surface area contributed by atoms with Crippen molar-refractivity contribution < 1.29 is 17.9 Å². The van der Waals surface area contributed by atoms with Gasteiger partial charge >= 0.3 is 0 Å². The molecule has 0 amide bonds. The maximum atomic E-state index is 13.2. The molecule has 19 heavy (non-hydrogen) atoms. The van der Waals surface area contributed by atoms with Crippen molar-refractivity contribution in [2.75, 3.05) is 0 Å². The van der Waals surface area contributed by atoms with Gasteiger partial charge in [-0.05, 0) is 23.3 Å². The van der Waals surface area contributed by atoms with Gasteiger partial charge < -0.3 is 10.5 Å². The van der Waals surface area contributed by atoms with E-state index in [2.05, 4.69) is 0 Å². The van der Waals surface area contributed by atoms with E-state index in [9.17, 15) is 13.2 Å². The third-order valence-electron chi connectivity index (χ3n) is 2.49. The van der Waals surface area contributed by atoms with Crippen LogP contribution < -0.4 is 10.5 Å². The lowest BCUT2D eigenvalue weighted by molar-refractivity contribution is 0.302. The summed E-state index contributed by atoms with van der Waals surface area (Å²) in [5.74, 6) is -1.82. The third kappa shape index (κ3) is 3.72. The smallest absolute Gasteiger partial charge is 0.129 e. The van der Waals surface area contributed by atoms with Crippen LogP contribution in [0.3, 0.4) is 0 Å². The van der Waals surface area contributed by atoms with E-state index in [1.54, 1.807) is 6.07 Å². The van der Waals surface area contributed by atoms with E-state index in [0.717, 1.165) is 18.2 Å². The zero-order chi connectivity index (χ0) is 13.8. The van der Waals surface area contributed by atoms with Crippen LogP contribution in [0.5, 0.6) is 5.75 Å². The molecule has 2 aromatic rings. The number of hydrogen-bond acceptors (Lipinski definition) is 2. The number of ether oxygens (including phenoxy) is 1. The van der Waals surface area contributed by atoms with Crippen molar-refractivity contribution >= 4 is 0 Å². The van der Waals surface area contributed by atoms with Crippen molar-refractivity contribution in [2.24, 2.45) is 5.73 Å². The predicted octanol–water partition coefficient (Wildman–Crippen LogP) is 3.14. The van der Waals surface area contributed by atoms with Gasteiger partial charge in [-0.15, -0.1) is 0 Å². The topological polar surface area (TPSA) is 35.2 Å². The molecule has 0 bridgehead atoms. The monoisotopic (exact) mass is 267 g/mol. The third-order valence-corrected chi connectivity index (χ3v) is 2.49. The zero-order valence-electron chi connectivity index (χ0n) is 10.00. The summed E-state index contributed by atoms with van der Waals surface area (Å²) in [7, 11) is 0. The maximum absolute atomic E-state index is 13.2. The zero-order valence-corrected chi connectivity index (χ0v) is 10.00. The van der Waals surface area contributed by atoms with Crippen molar-refractivity contribution in [3.05, 3.63) is 65.0 Å². The van der Waals surface area contributed by atoms with Crippen molar-refractivity contribution in [1.29, 1.82) is 0 Å². The van der Waals surface area contributed by atoms with E-state index in [1.165, 1.54) is 12.1 Å². The Hall–Kier alpha value is -2.01. The van der Waals surface area contributed by atoms with Crippen molar-refractivity contribution in [3.8, 4) is 5.75 Å². The van der Waals surface area contributed by atoms with E-state index in [1.807, 2.05) is 0 Å². The van der Waals surface area contributed by atoms with E-state index < -0.39 is 17.5 Å². The van der Waals surface area contributed by atoms with Gasteiger partial charge in [0.15, 0.2) is 0 Å². The summed E-state index contributed by atoms with van der Waals surface area (Å²) in [6, 6.07) is 7.17. The minimum Gasteiger partial charge on any atom is -0.489 e. The van der Waals surface area contributed by atoms with Gasteiger partial charge in [-0.25, -0.2) is 13.2 Å². The first-order valence-corrected chi connectivity index (χ1v) is 5.64. The Kier molecular flexibility index (Phi) is 4.06. The molecule has 0 fully saturated rings. The highest BCUT2D eigenvalue weighted by atomic mass is 19.1. The molecule has 2 aromatic carbocycles. The van der Waals surface area contributed by atoms with Crippen LogP contribution in [0.15, 0.2) is 36.4 Å². The quantitative estimate of drug-likeness (QED) is 0.923. The van der Waals surface area contributed by atoms with Gasteiger partial charge in [-0.2, -0.15) is 0 Å². The lowest BCUT2D eigenvalue weighted by Crippen LogP contribution is -2.01. The molecule has 2 nitrogen and oxygen atoms in total. The normalized spacial score (nSPS) is 10.5. The highest BCUT2D eigenvalue weighted by molar-refractivity contribution is 5.27. The molecule has 0 aromatic heterocycles.